The Bertz CT molecular complexity index is 481. The maximum atomic E-state index is 9.57. The van der Waals surface area contributed by atoms with Gasteiger partial charge in [-0.15, -0.1) is 0 Å². The number of phenols is 1. The standard InChI is InChI=1S/C10H8ClNO3/c11-6-1-2-10(14)8(3-6)9-4-7(5-13)15-12-9/h1-4,13-14H,5H2. The molecule has 2 aromatic rings. The molecule has 0 spiro atoms. The predicted octanol–water partition coefficient (Wildman–Crippen LogP) is 2.19. The van der Waals surface area contributed by atoms with E-state index in [9.17, 15) is 5.11 Å². The van der Waals surface area contributed by atoms with E-state index in [0.717, 1.165) is 0 Å². The molecule has 1 heterocycles. The van der Waals surface area contributed by atoms with Crippen molar-refractivity contribution in [1.82, 2.24) is 5.16 Å². The molecule has 0 atom stereocenters. The van der Waals surface area contributed by atoms with Gasteiger partial charge in [0.1, 0.15) is 18.1 Å². The Morgan fingerprint density at radius 1 is 1.33 bits per heavy atom. The van der Waals surface area contributed by atoms with Gasteiger partial charge in [0.25, 0.3) is 0 Å². The zero-order valence-electron chi connectivity index (χ0n) is 7.64. The van der Waals surface area contributed by atoms with E-state index in [-0.39, 0.29) is 12.4 Å². The molecule has 0 aliphatic rings. The highest BCUT2D eigenvalue weighted by molar-refractivity contribution is 6.30. The van der Waals surface area contributed by atoms with E-state index in [0.29, 0.717) is 22.0 Å². The fraction of sp³-hybridized carbons (Fsp3) is 0.100. The highest BCUT2D eigenvalue weighted by Gasteiger charge is 2.10. The van der Waals surface area contributed by atoms with Gasteiger partial charge in [0.05, 0.1) is 0 Å². The normalized spacial score (nSPS) is 10.5. The lowest BCUT2D eigenvalue weighted by atomic mass is 10.1. The minimum atomic E-state index is -0.228. The lowest BCUT2D eigenvalue weighted by molar-refractivity contribution is 0.229. The monoisotopic (exact) mass is 225 g/mol. The van der Waals surface area contributed by atoms with Crippen molar-refractivity contribution in [3.8, 4) is 17.0 Å². The number of hydrogen-bond donors (Lipinski definition) is 2. The molecule has 1 aromatic heterocycles. The van der Waals surface area contributed by atoms with Gasteiger partial charge in [-0.1, -0.05) is 16.8 Å². The van der Waals surface area contributed by atoms with Crippen LogP contribution in [0.15, 0.2) is 28.8 Å². The van der Waals surface area contributed by atoms with Gasteiger partial charge in [-0.3, -0.25) is 0 Å². The zero-order chi connectivity index (χ0) is 10.8. The number of hydrogen-bond acceptors (Lipinski definition) is 4. The first kappa shape index (κ1) is 10.0. The van der Waals surface area contributed by atoms with Crippen molar-refractivity contribution in [2.24, 2.45) is 0 Å². The second kappa shape index (κ2) is 3.92. The van der Waals surface area contributed by atoms with Crippen molar-refractivity contribution in [2.75, 3.05) is 0 Å². The Labute approximate surface area is 90.7 Å². The van der Waals surface area contributed by atoms with Crippen LogP contribution in [-0.2, 0) is 6.61 Å². The lowest BCUT2D eigenvalue weighted by Gasteiger charge is -1.99. The molecule has 5 heteroatoms. The van der Waals surface area contributed by atoms with Gasteiger partial charge in [0.15, 0.2) is 5.76 Å². The van der Waals surface area contributed by atoms with E-state index < -0.39 is 0 Å². The van der Waals surface area contributed by atoms with Crippen LogP contribution in [0.25, 0.3) is 11.3 Å². The van der Waals surface area contributed by atoms with Crippen LogP contribution in [0.4, 0.5) is 0 Å². The number of halogens is 1. The third-order valence-corrected chi connectivity index (χ3v) is 2.18. The van der Waals surface area contributed by atoms with Crippen LogP contribution in [-0.4, -0.2) is 15.4 Å². The van der Waals surface area contributed by atoms with Crippen molar-refractivity contribution in [3.05, 3.63) is 35.0 Å². The molecule has 0 unspecified atom stereocenters. The molecule has 0 bridgehead atoms. The number of aliphatic hydroxyl groups excluding tert-OH is 1. The van der Waals surface area contributed by atoms with Gasteiger partial charge in [0, 0.05) is 16.7 Å². The number of aromatic nitrogens is 1. The fourth-order valence-electron chi connectivity index (χ4n) is 1.23. The van der Waals surface area contributed by atoms with Gasteiger partial charge in [-0.25, -0.2) is 0 Å². The van der Waals surface area contributed by atoms with Crippen molar-refractivity contribution < 1.29 is 14.7 Å². The van der Waals surface area contributed by atoms with E-state index in [1.165, 1.54) is 6.07 Å². The fourth-order valence-corrected chi connectivity index (χ4v) is 1.40. The molecular weight excluding hydrogens is 218 g/mol. The van der Waals surface area contributed by atoms with Crippen LogP contribution in [0.5, 0.6) is 5.75 Å². The van der Waals surface area contributed by atoms with E-state index in [1.807, 2.05) is 0 Å². The molecule has 4 nitrogen and oxygen atoms in total. The molecule has 78 valence electrons. The highest BCUT2D eigenvalue weighted by atomic mass is 35.5. The molecule has 15 heavy (non-hydrogen) atoms. The van der Waals surface area contributed by atoms with Crippen LogP contribution >= 0.6 is 11.6 Å². The van der Waals surface area contributed by atoms with Gasteiger partial charge >= 0.3 is 0 Å². The Kier molecular flexibility index (Phi) is 2.62. The summed E-state index contributed by atoms with van der Waals surface area (Å²) in [6, 6.07) is 6.18. The smallest absolute Gasteiger partial charge is 0.162 e. The molecule has 0 aliphatic heterocycles. The molecule has 1 aromatic carbocycles. The summed E-state index contributed by atoms with van der Waals surface area (Å²) in [7, 11) is 0. The Morgan fingerprint density at radius 3 is 2.80 bits per heavy atom. The summed E-state index contributed by atoms with van der Waals surface area (Å²) >= 11 is 5.79. The van der Waals surface area contributed by atoms with Gasteiger partial charge < -0.3 is 14.7 Å². The maximum Gasteiger partial charge on any atom is 0.162 e. The molecule has 2 rings (SSSR count). The number of rotatable bonds is 2. The van der Waals surface area contributed by atoms with E-state index in [1.54, 1.807) is 18.2 Å². The topological polar surface area (TPSA) is 66.5 Å². The summed E-state index contributed by atoms with van der Waals surface area (Å²) in [6.45, 7) is -0.228. The summed E-state index contributed by atoms with van der Waals surface area (Å²) < 4.78 is 4.81. The first-order chi connectivity index (χ1) is 7.20. The Hall–Kier alpha value is -1.52. The zero-order valence-corrected chi connectivity index (χ0v) is 8.40. The van der Waals surface area contributed by atoms with Gasteiger partial charge in [-0.2, -0.15) is 0 Å². The van der Waals surface area contributed by atoms with Crippen LogP contribution in [0, 0.1) is 0 Å². The van der Waals surface area contributed by atoms with E-state index in [2.05, 4.69) is 5.16 Å². The molecule has 0 aliphatic carbocycles. The lowest BCUT2D eigenvalue weighted by Crippen LogP contribution is -1.78. The molecule has 0 amide bonds. The van der Waals surface area contributed by atoms with Crippen molar-refractivity contribution in [2.45, 2.75) is 6.61 Å². The highest BCUT2D eigenvalue weighted by Crippen LogP contribution is 2.31. The predicted molar refractivity (Wildman–Crippen MR) is 54.5 cm³/mol. The number of aliphatic hydroxyl groups is 1. The third kappa shape index (κ3) is 1.95. The first-order valence-electron chi connectivity index (χ1n) is 4.26. The average molecular weight is 226 g/mol. The van der Waals surface area contributed by atoms with Crippen LogP contribution in [0.1, 0.15) is 5.76 Å². The van der Waals surface area contributed by atoms with Crippen molar-refractivity contribution in [3.63, 3.8) is 0 Å². The first-order valence-corrected chi connectivity index (χ1v) is 4.64. The summed E-state index contributed by atoms with van der Waals surface area (Å²) in [5, 5.41) is 22.6. The Morgan fingerprint density at radius 2 is 2.13 bits per heavy atom. The summed E-state index contributed by atoms with van der Waals surface area (Å²) in [5.74, 6) is 0.404. The van der Waals surface area contributed by atoms with Crippen LogP contribution in [0.3, 0.4) is 0 Å². The van der Waals surface area contributed by atoms with E-state index >= 15 is 0 Å². The largest absolute Gasteiger partial charge is 0.507 e. The SMILES string of the molecule is OCc1cc(-c2cc(Cl)ccc2O)no1. The summed E-state index contributed by atoms with van der Waals surface area (Å²) in [6.07, 6.45) is 0. The minimum absolute atomic E-state index is 0.0668. The summed E-state index contributed by atoms with van der Waals surface area (Å²) in [4.78, 5) is 0. The van der Waals surface area contributed by atoms with Gasteiger partial charge in [-0.05, 0) is 18.2 Å². The molecule has 0 saturated heterocycles. The van der Waals surface area contributed by atoms with E-state index in [4.69, 9.17) is 21.2 Å². The second-order valence-electron chi connectivity index (χ2n) is 3.00. The quantitative estimate of drug-likeness (QED) is 0.822. The Balaban J connectivity index is 2.48. The number of nitrogens with zero attached hydrogens (tertiary/aromatic N) is 1. The number of aromatic hydroxyl groups is 1. The minimum Gasteiger partial charge on any atom is -0.507 e. The number of phenolic OH excluding ortho intramolecular Hbond substituents is 1. The molecule has 2 N–H and O–H groups in total. The van der Waals surface area contributed by atoms with Crippen LogP contribution in [0.2, 0.25) is 5.02 Å². The maximum absolute atomic E-state index is 9.57. The molecular formula is C10H8ClNO3. The van der Waals surface area contributed by atoms with Crippen molar-refractivity contribution in [1.29, 1.82) is 0 Å². The number of benzene rings is 1. The third-order valence-electron chi connectivity index (χ3n) is 1.95. The molecule has 0 fully saturated rings. The van der Waals surface area contributed by atoms with Crippen LogP contribution < -0.4 is 0 Å². The summed E-state index contributed by atoms with van der Waals surface area (Å²) in [5.41, 5.74) is 0.921. The molecule has 0 saturated carbocycles. The second-order valence-corrected chi connectivity index (χ2v) is 3.43. The van der Waals surface area contributed by atoms with Gasteiger partial charge in [0.2, 0.25) is 0 Å². The van der Waals surface area contributed by atoms with Crippen molar-refractivity contribution >= 4 is 11.6 Å². The molecule has 0 radical (unpaired) electrons. The average Bonchev–Trinajstić information content (AvgIpc) is 2.70.